The van der Waals surface area contributed by atoms with E-state index in [0.717, 1.165) is 50.8 Å². The van der Waals surface area contributed by atoms with Gasteiger partial charge in [-0.3, -0.25) is 14.5 Å². The Morgan fingerprint density at radius 1 is 1.19 bits per heavy atom. The topological polar surface area (TPSA) is 76.1 Å². The van der Waals surface area contributed by atoms with Crippen LogP contribution in [0.2, 0.25) is 0 Å². The highest BCUT2D eigenvalue weighted by Gasteiger charge is 2.86. The summed E-state index contributed by atoms with van der Waals surface area (Å²) in [5.41, 5.74) is 0.608. The zero-order valence-electron chi connectivity index (χ0n) is 19.8. The quantitative estimate of drug-likeness (QED) is 0.534. The zero-order valence-corrected chi connectivity index (χ0v) is 19.8. The van der Waals surface area contributed by atoms with Gasteiger partial charge in [0.15, 0.2) is 0 Å². The Bertz CT molecular complexity index is 903. The third-order valence-corrected chi connectivity index (χ3v) is 11.1. The molecule has 0 radical (unpaired) electrons. The van der Waals surface area contributed by atoms with Gasteiger partial charge in [-0.1, -0.05) is 20.4 Å². The van der Waals surface area contributed by atoms with Crippen molar-refractivity contribution >= 4 is 11.9 Å². The number of aliphatic hydroxyl groups excluding tert-OH is 1. The molecule has 0 amide bonds. The first-order valence-corrected chi connectivity index (χ1v) is 12.6. The van der Waals surface area contributed by atoms with E-state index in [1.807, 2.05) is 0 Å². The largest absolute Gasteiger partial charge is 0.462 e. The number of rotatable bonds is 3. The molecule has 1 N–H and O–H groups in total. The van der Waals surface area contributed by atoms with E-state index in [-0.39, 0.29) is 52.2 Å². The van der Waals surface area contributed by atoms with Crippen molar-refractivity contribution in [3.8, 4) is 0 Å². The Morgan fingerprint density at radius 3 is 2.56 bits per heavy atom. The minimum Gasteiger partial charge on any atom is -0.462 e. The fourth-order valence-electron chi connectivity index (χ4n) is 10.6. The second-order valence-corrected chi connectivity index (χ2v) is 12.0. The molecule has 6 aliphatic rings. The number of piperidine rings is 1. The molecular weight excluding hydrogens is 406 g/mol. The van der Waals surface area contributed by atoms with Crippen LogP contribution in [-0.4, -0.2) is 59.4 Å². The van der Waals surface area contributed by atoms with Crippen molar-refractivity contribution in [3.63, 3.8) is 0 Å². The van der Waals surface area contributed by atoms with Gasteiger partial charge in [-0.25, -0.2) is 0 Å². The zero-order chi connectivity index (χ0) is 22.8. The summed E-state index contributed by atoms with van der Waals surface area (Å²) in [6.07, 6.45) is 3.68. The number of carbonyl (C=O) groups excluding carboxylic acids is 2. The van der Waals surface area contributed by atoms with Gasteiger partial charge in [0, 0.05) is 43.2 Å². The van der Waals surface area contributed by atoms with E-state index in [1.165, 1.54) is 13.8 Å². The minimum atomic E-state index is -0.575. The predicted octanol–water partition coefficient (Wildman–Crippen LogP) is 2.93. The van der Waals surface area contributed by atoms with E-state index in [2.05, 4.69) is 25.3 Å². The molecule has 6 nitrogen and oxygen atoms in total. The first-order chi connectivity index (χ1) is 15.1. The molecule has 0 aromatic carbocycles. The lowest BCUT2D eigenvalue weighted by atomic mass is 9.43. The molecule has 1 heterocycles. The highest BCUT2D eigenvalue weighted by Crippen LogP contribution is 2.83. The first-order valence-electron chi connectivity index (χ1n) is 12.6. The van der Waals surface area contributed by atoms with Crippen molar-refractivity contribution in [2.45, 2.75) is 84.2 Å². The molecule has 6 fully saturated rings. The molecule has 1 saturated heterocycles. The Hall–Kier alpha value is -1.40. The lowest BCUT2D eigenvalue weighted by Gasteiger charge is -2.65. The normalized spacial score (nSPS) is 55.0. The molecule has 0 aromatic heterocycles. The average Bonchev–Trinajstić information content (AvgIpc) is 3.24. The molecule has 1 unspecified atom stereocenters. The average molecular weight is 444 g/mol. The lowest BCUT2D eigenvalue weighted by molar-refractivity contribution is -0.229. The van der Waals surface area contributed by atoms with Gasteiger partial charge >= 0.3 is 11.9 Å². The van der Waals surface area contributed by atoms with Crippen LogP contribution in [0.4, 0.5) is 0 Å². The Balaban J connectivity index is 1.56. The summed E-state index contributed by atoms with van der Waals surface area (Å²) in [7, 11) is 0. The maximum absolute atomic E-state index is 12.3. The van der Waals surface area contributed by atoms with Crippen LogP contribution in [0.15, 0.2) is 12.2 Å². The van der Waals surface area contributed by atoms with Gasteiger partial charge in [-0.2, -0.15) is 0 Å². The van der Waals surface area contributed by atoms with Crippen molar-refractivity contribution < 1.29 is 24.2 Å². The van der Waals surface area contributed by atoms with Crippen LogP contribution in [0.3, 0.4) is 0 Å². The third-order valence-electron chi connectivity index (χ3n) is 11.1. The summed E-state index contributed by atoms with van der Waals surface area (Å²) in [4.78, 5) is 26.9. The van der Waals surface area contributed by atoms with Crippen LogP contribution in [0, 0.1) is 39.9 Å². The third kappa shape index (κ3) is 2.15. The summed E-state index contributed by atoms with van der Waals surface area (Å²) in [5, 5.41) is 11.7. The first kappa shape index (κ1) is 21.2. The molecule has 1 aliphatic heterocycles. The number of likely N-dealkylation sites (tertiary alicyclic amines) is 1. The monoisotopic (exact) mass is 443 g/mol. The highest BCUT2D eigenvalue weighted by atomic mass is 16.5. The molecule has 7 bridgehead atoms. The van der Waals surface area contributed by atoms with Crippen LogP contribution in [0.1, 0.15) is 59.8 Å². The predicted molar refractivity (Wildman–Crippen MR) is 117 cm³/mol. The van der Waals surface area contributed by atoms with Crippen molar-refractivity contribution in [2.24, 2.45) is 39.9 Å². The van der Waals surface area contributed by atoms with Crippen molar-refractivity contribution in [3.05, 3.63) is 12.2 Å². The number of esters is 2. The Kier molecular flexibility index (Phi) is 4.22. The minimum absolute atomic E-state index is 0.0259. The fourth-order valence-corrected chi connectivity index (χ4v) is 10.6. The second kappa shape index (κ2) is 6.38. The van der Waals surface area contributed by atoms with Crippen molar-refractivity contribution in [1.29, 1.82) is 0 Å². The van der Waals surface area contributed by atoms with Gasteiger partial charge in [0.1, 0.15) is 12.2 Å². The van der Waals surface area contributed by atoms with E-state index in [4.69, 9.17) is 9.47 Å². The second-order valence-electron chi connectivity index (χ2n) is 12.0. The van der Waals surface area contributed by atoms with Crippen LogP contribution < -0.4 is 0 Å². The van der Waals surface area contributed by atoms with Crippen LogP contribution in [0.5, 0.6) is 0 Å². The summed E-state index contributed by atoms with van der Waals surface area (Å²) < 4.78 is 12.0. The fraction of sp³-hybridized carbons (Fsp3) is 0.846. The molecule has 11 atom stereocenters. The van der Waals surface area contributed by atoms with E-state index in [0.29, 0.717) is 17.9 Å². The summed E-state index contributed by atoms with van der Waals surface area (Å²) in [5.74, 6) is 0.551. The number of hydrogen-bond donors (Lipinski definition) is 1. The number of aliphatic hydroxyl groups is 1. The van der Waals surface area contributed by atoms with Gasteiger partial charge in [-0.15, -0.1) is 0 Å². The standard InChI is InChI=1S/C26H37NO5/c1-6-27-12-24(5)8-7-21(32-15(4)29)26-19(24)9-17(22(26)27)25-11-16(13(2)23(25)30)18(10-20(25)26)31-14(3)28/h16-23,30H,2,6-12H2,1,3-5H3/t16-,17+,18-,19+,20+,21-,22?,23+,24-,25-,26-/m0/s1. The summed E-state index contributed by atoms with van der Waals surface area (Å²) in [6.45, 7) is 14.0. The van der Waals surface area contributed by atoms with E-state index < -0.39 is 6.10 Å². The van der Waals surface area contributed by atoms with Gasteiger partial charge in [0.05, 0.1) is 6.10 Å². The highest BCUT2D eigenvalue weighted by molar-refractivity contribution is 5.67. The van der Waals surface area contributed by atoms with Crippen molar-refractivity contribution in [1.82, 2.24) is 4.90 Å². The van der Waals surface area contributed by atoms with E-state index >= 15 is 0 Å². The summed E-state index contributed by atoms with van der Waals surface area (Å²) >= 11 is 0. The Morgan fingerprint density at radius 2 is 1.91 bits per heavy atom. The van der Waals surface area contributed by atoms with Gasteiger partial charge in [-0.05, 0) is 67.4 Å². The maximum Gasteiger partial charge on any atom is 0.302 e. The molecule has 6 heteroatoms. The van der Waals surface area contributed by atoms with E-state index in [9.17, 15) is 14.7 Å². The van der Waals surface area contributed by atoms with Gasteiger partial charge in [0.25, 0.3) is 0 Å². The molecule has 5 aliphatic carbocycles. The molecule has 2 spiro atoms. The smallest absolute Gasteiger partial charge is 0.302 e. The summed E-state index contributed by atoms with van der Waals surface area (Å²) in [6, 6.07) is 0.303. The van der Waals surface area contributed by atoms with Gasteiger partial charge in [0.2, 0.25) is 0 Å². The number of ether oxygens (including phenoxy) is 2. The van der Waals surface area contributed by atoms with Gasteiger partial charge < -0.3 is 14.6 Å². The lowest BCUT2D eigenvalue weighted by Crippen LogP contribution is -2.69. The molecule has 0 aromatic rings. The number of fused-ring (bicyclic) bond motifs is 1. The molecule has 6 rings (SSSR count). The number of hydrogen-bond acceptors (Lipinski definition) is 6. The molecule has 176 valence electrons. The van der Waals surface area contributed by atoms with Crippen LogP contribution >= 0.6 is 0 Å². The van der Waals surface area contributed by atoms with Crippen LogP contribution in [0.25, 0.3) is 0 Å². The number of carbonyl (C=O) groups is 2. The molecule has 5 saturated carbocycles. The molecular formula is C26H37NO5. The van der Waals surface area contributed by atoms with Crippen molar-refractivity contribution in [2.75, 3.05) is 13.1 Å². The SMILES string of the molecule is C=C1[C@@H](O)[C@]23C[C@@H]1[C@@H](OC(C)=O)C[C@H]2[C@@]12C4[C@H]3C[C@@H]1[C@@](C)(CC[C@@H]2OC(C)=O)CN4CC. The van der Waals surface area contributed by atoms with E-state index in [1.54, 1.807) is 0 Å². The molecule has 32 heavy (non-hydrogen) atoms. The number of nitrogens with zero attached hydrogens (tertiary/aromatic N) is 1. The van der Waals surface area contributed by atoms with Crippen LogP contribution in [-0.2, 0) is 19.1 Å². The maximum atomic E-state index is 12.3. The Labute approximate surface area is 190 Å².